The summed E-state index contributed by atoms with van der Waals surface area (Å²) in [7, 11) is 0. The second kappa shape index (κ2) is 4.11. The number of hydrogen-bond acceptors (Lipinski definition) is 2. The van der Waals surface area contributed by atoms with E-state index < -0.39 is 0 Å². The fourth-order valence-corrected chi connectivity index (χ4v) is 2.73. The van der Waals surface area contributed by atoms with Crippen LogP contribution in [-0.2, 0) is 0 Å². The van der Waals surface area contributed by atoms with Crippen LogP contribution in [0.25, 0.3) is 0 Å². The van der Waals surface area contributed by atoms with E-state index in [9.17, 15) is 0 Å². The normalized spacial score (nSPS) is 21.6. The van der Waals surface area contributed by atoms with Crippen LogP contribution in [0.3, 0.4) is 0 Å². The number of anilines is 1. The van der Waals surface area contributed by atoms with E-state index in [4.69, 9.17) is 5.10 Å². The average Bonchev–Trinajstić information content (AvgIpc) is 2.84. The molecule has 0 bridgehead atoms. The summed E-state index contributed by atoms with van der Waals surface area (Å²) in [6.07, 6.45) is 8.04. The van der Waals surface area contributed by atoms with Gasteiger partial charge in [-0.25, -0.2) is 4.68 Å². The lowest BCUT2D eigenvalue weighted by atomic mass is 10.2. The Morgan fingerprint density at radius 1 is 1.31 bits per heavy atom. The molecule has 3 heteroatoms. The van der Waals surface area contributed by atoms with Gasteiger partial charge in [-0.15, -0.1) is 0 Å². The lowest BCUT2D eigenvalue weighted by molar-refractivity contribution is 0.468. The summed E-state index contributed by atoms with van der Waals surface area (Å²) in [6.45, 7) is 3.14. The number of rotatable bonds is 4. The van der Waals surface area contributed by atoms with Gasteiger partial charge in [-0.1, -0.05) is 12.8 Å². The predicted octanol–water partition coefficient (Wildman–Crippen LogP) is 3.31. The molecule has 1 N–H and O–H groups in total. The van der Waals surface area contributed by atoms with Crippen molar-refractivity contribution in [2.75, 3.05) is 11.9 Å². The molecule has 0 spiro atoms. The zero-order valence-electron chi connectivity index (χ0n) is 10.1. The topological polar surface area (TPSA) is 29.9 Å². The number of hydrogen-bond donors (Lipinski definition) is 1. The maximum absolute atomic E-state index is 4.83. The molecule has 0 atom stereocenters. The summed E-state index contributed by atoms with van der Waals surface area (Å²) in [4.78, 5) is 0. The highest BCUT2D eigenvalue weighted by molar-refractivity contribution is 5.39. The van der Waals surface area contributed by atoms with Gasteiger partial charge in [0, 0.05) is 18.5 Å². The van der Waals surface area contributed by atoms with Crippen molar-refractivity contribution in [2.45, 2.75) is 57.4 Å². The van der Waals surface area contributed by atoms with Gasteiger partial charge in [0.2, 0.25) is 0 Å². The maximum Gasteiger partial charge on any atom is 0.124 e. The van der Waals surface area contributed by atoms with Gasteiger partial charge in [-0.05, 0) is 32.6 Å². The molecule has 2 aliphatic carbocycles. The van der Waals surface area contributed by atoms with E-state index in [1.165, 1.54) is 50.0 Å². The Bertz CT molecular complexity index is 359. The zero-order chi connectivity index (χ0) is 11.0. The van der Waals surface area contributed by atoms with Crippen LogP contribution in [0.1, 0.15) is 63.1 Å². The van der Waals surface area contributed by atoms with Gasteiger partial charge in [0.15, 0.2) is 0 Å². The fourth-order valence-electron chi connectivity index (χ4n) is 2.73. The smallest absolute Gasteiger partial charge is 0.124 e. The molecule has 16 heavy (non-hydrogen) atoms. The van der Waals surface area contributed by atoms with Crippen molar-refractivity contribution in [3.8, 4) is 0 Å². The molecular weight excluding hydrogens is 198 g/mol. The Morgan fingerprint density at radius 2 is 2.06 bits per heavy atom. The van der Waals surface area contributed by atoms with Crippen molar-refractivity contribution in [3.63, 3.8) is 0 Å². The SMILES string of the molecule is CCNc1cc(C2CC2)nn1C1CCCC1. The van der Waals surface area contributed by atoms with Crippen molar-refractivity contribution < 1.29 is 0 Å². The van der Waals surface area contributed by atoms with Crippen molar-refractivity contribution in [2.24, 2.45) is 0 Å². The van der Waals surface area contributed by atoms with Crippen LogP contribution in [-0.4, -0.2) is 16.3 Å². The summed E-state index contributed by atoms with van der Waals surface area (Å²) in [5.41, 5.74) is 1.32. The Morgan fingerprint density at radius 3 is 2.69 bits per heavy atom. The second-order valence-corrected chi connectivity index (χ2v) is 5.14. The van der Waals surface area contributed by atoms with Gasteiger partial charge in [0.25, 0.3) is 0 Å². The zero-order valence-corrected chi connectivity index (χ0v) is 10.1. The van der Waals surface area contributed by atoms with Crippen LogP contribution in [0.15, 0.2) is 6.07 Å². The summed E-state index contributed by atoms with van der Waals surface area (Å²) in [5, 5.41) is 8.28. The van der Waals surface area contributed by atoms with E-state index >= 15 is 0 Å². The molecule has 3 rings (SSSR count). The highest BCUT2D eigenvalue weighted by Crippen LogP contribution is 2.41. The average molecular weight is 219 g/mol. The summed E-state index contributed by atoms with van der Waals surface area (Å²) < 4.78 is 2.27. The molecule has 0 radical (unpaired) electrons. The Hall–Kier alpha value is -0.990. The van der Waals surface area contributed by atoms with Gasteiger partial charge in [-0.3, -0.25) is 0 Å². The minimum atomic E-state index is 0.654. The largest absolute Gasteiger partial charge is 0.371 e. The molecule has 0 saturated heterocycles. The van der Waals surface area contributed by atoms with Crippen LogP contribution in [0.5, 0.6) is 0 Å². The lowest BCUT2D eigenvalue weighted by Crippen LogP contribution is -2.11. The van der Waals surface area contributed by atoms with Crippen LogP contribution >= 0.6 is 0 Å². The van der Waals surface area contributed by atoms with E-state index in [0.717, 1.165) is 12.5 Å². The van der Waals surface area contributed by atoms with Crippen LogP contribution in [0.2, 0.25) is 0 Å². The molecule has 0 unspecified atom stereocenters. The molecule has 1 aromatic heterocycles. The summed E-state index contributed by atoms with van der Waals surface area (Å²) >= 11 is 0. The molecule has 2 saturated carbocycles. The maximum atomic E-state index is 4.83. The van der Waals surface area contributed by atoms with Crippen LogP contribution < -0.4 is 5.32 Å². The molecule has 3 nitrogen and oxygen atoms in total. The van der Waals surface area contributed by atoms with Crippen molar-refractivity contribution in [3.05, 3.63) is 11.8 Å². The Balaban J connectivity index is 1.86. The summed E-state index contributed by atoms with van der Waals surface area (Å²) in [5.74, 6) is 2.01. The third-order valence-electron chi connectivity index (χ3n) is 3.78. The minimum Gasteiger partial charge on any atom is -0.371 e. The third-order valence-corrected chi connectivity index (χ3v) is 3.78. The van der Waals surface area contributed by atoms with Gasteiger partial charge >= 0.3 is 0 Å². The van der Waals surface area contributed by atoms with Crippen LogP contribution in [0.4, 0.5) is 5.82 Å². The molecule has 0 amide bonds. The van der Waals surface area contributed by atoms with Crippen LogP contribution in [0, 0.1) is 0 Å². The fraction of sp³-hybridized carbons (Fsp3) is 0.769. The van der Waals surface area contributed by atoms with Gasteiger partial charge < -0.3 is 5.32 Å². The third kappa shape index (κ3) is 1.83. The lowest BCUT2D eigenvalue weighted by Gasteiger charge is -2.14. The van der Waals surface area contributed by atoms with Crippen molar-refractivity contribution >= 4 is 5.82 Å². The molecule has 1 heterocycles. The van der Waals surface area contributed by atoms with Crippen molar-refractivity contribution in [1.82, 2.24) is 9.78 Å². The molecule has 0 aliphatic heterocycles. The van der Waals surface area contributed by atoms with Gasteiger partial charge in [-0.2, -0.15) is 5.10 Å². The minimum absolute atomic E-state index is 0.654. The van der Waals surface area contributed by atoms with E-state index in [2.05, 4.69) is 23.0 Å². The molecule has 0 aromatic carbocycles. The molecule has 2 aliphatic rings. The standard InChI is InChI=1S/C13H21N3/c1-2-14-13-9-12(10-7-8-10)15-16(13)11-5-3-4-6-11/h9-11,14H,2-8H2,1H3. The quantitative estimate of drug-likeness (QED) is 0.842. The highest BCUT2D eigenvalue weighted by Gasteiger charge is 2.29. The monoisotopic (exact) mass is 219 g/mol. The Kier molecular flexibility index (Phi) is 2.62. The van der Waals surface area contributed by atoms with Gasteiger partial charge in [0.05, 0.1) is 11.7 Å². The first-order valence-corrected chi connectivity index (χ1v) is 6.72. The Labute approximate surface area is 97.2 Å². The van der Waals surface area contributed by atoms with E-state index in [-0.39, 0.29) is 0 Å². The first kappa shape index (κ1) is 10.2. The molecule has 1 aromatic rings. The molecular formula is C13H21N3. The highest BCUT2D eigenvalue weighted by atomic mass is 15.3. The van der Waals surface area contributed by atoms with Crippen molar-refractivity contribution in [1.29, 1.82) is 0 Å². The predicted molar refractivity (Wildman–Crippen MR) is 65.9 cm³/mol. The number of nitrogens with zero attached hydrogens (tertiary/aromatic N) is 2. The second-order valence-electron chi connectivity index (χ2n) is 5.14. The number of nitrogens with one attached hydrogen (secondary N) is 1. The molecule has 2 fully saturated rings. The summed E-state index contributed by atoms with van der Waals surface area (Å²) in [6, 6.07) is 2.93. The number of aromatic nitrogens is 2. The van der Waals surface area contributed by atoms with Gasteiger partial charge in [0.1, 0.15) is 5.82 Å². The first-order valence-electron chi connectivity index (χ1n) is 6.72. The van der Waals surface area contributed by atoms with E-state index in [1.807, 2.05) is 0 Å². The molecule has 88 valence electrons. The van der Waals surface area contributed by atoms with E-state index in [0.29, 0.717) is 6.04 Å². The first-order chi connectivity index (χ1) is 7.88. The van der Waals surface area contributed by atoms with E-state index in [1.54, 1.807) is 0 Å².